The van der Waals surface area contributed by atoms with Crippen LogP contribution in [0.2, 0.25) is 0 Å². The van der Waals surface area contributed by atoms with Crippen LogP contribution >= 0.6 is 11.8 Å². The van der Waals surface area contributed by atoms with E-state index in [4.69, 9.17) is 0 Å². The quantitative estimate of drug-likeness (QED) is 0.761. The molecule has 2 amide bonds. The zero-order valence-electron chi connectivity index (χ0n) is 14.0. The lowest BCUT2D eigenvalue weighted by Crippen LogP contribution is -2.46. The van der Waals surface area contributed by atoms with Gasteiger partial charge in [0.15, 0.2) is 0 Å². The molecule has 0 fully saturated rings. The monoisotopic (exact) mass is 360 g/mol. The van der Waals surface area contributed by atoms with Crippen molar-refractivity contribution in [2.75, 3.05) is 12.0 Å². The number of thioether (sulfide) groups is 1. The van der Waals surface area contributed by atoms with E-state index in [-0.39, 0.29) is 24.2 Å². The Morgan fingerprint density at radius 3 is 2.44 bits per heavy atom. The smallest absolute Gasteiger partial charge is 0.251 e. The molecular weight excluding hydrogens is 339 g/mol. The van der Waals surface area contributed by atoms with E-state index in [1.165, 1.54) is 6.07 Å². The summed E-state index contributed by atoms with van der Waals surface area (Å²) in [6.07, 6.45) is 2.44. The molecule has 2 aromatic rings. The maximum atomic E-state index is 13.7. The van der Waals surface area contributed by atoms with E-state index in [0.29, 0.717) is 17.5 Å². The summed E-state index contributed by atoms with van der Waals surface area (Å²) in [5.41, 5.74) is 0.910. The molecule has 2 N–H and O–H groups in total. The first kappa shape index (κ1) is 19.0. The van der Waals surface area contributed by atoms with Crippen LogP contribution in [0, 0.1) is 5.82 Å². The topological polar surface area (TPSA) is 58.2 Å². The predicted molar refractivity (Wildman–Crippen MR) is 98.9 cm³/mol. The summed E-state index contributed by atoms with van der Waals surface area (Å²) in [5, 5.41) is 5.46. The van der Waals surface area contributed by atoms with Crippen LogP contribution in [0.4, 0.5) is 4.39 Å². The fraction of sp³-hybridized carbons (Fsp3) is 0.263. The zero-order valence-corrected chi connectivity index (χ0v) is 14.8. The van der Waals surface area contributed by atoms with Gasteiger partial charge in [0.2, 0.25) is 5.91 Å². The molecule has 0 aliphatic rings. The van der Waals surface area contributed by atoms with Crippen LogP contribution in [-0.2, 0) is 11.3 Å². The highest BCUT2D eigenvalue weighted by Gasteiger charge is 2.21. The molecule has 1 unspecified atom stereocenters. The van der Waals surface area contributed by atoms with E-state index < -0.39 is 6.04 Å². The van der Waals surface area contributed by atoms with Crippen molar-refractivity contribution in [2.45, 2.75) is 19.0 Å². The summed E-state index contributed by atoms with van der Waals surface area (Å²) < 4.78 is 13.7. The number of carbonyl (C=O) groups excluding carboxylic acids is 2. The molecule has 132 valence electrons. The van der Waals surface area contributed by atoms with E-state index in [1.807, 2.05) is 12.3 Å². The Morgan fingerprint density at radius 1 is 1.08 bits per heavy atom. The molecule has 0 spiro atoms. The van der Waals surface area contributed by atoms with Gasteiger partial charge in [-0.05, 0) is 36.6 Å². The van der Waals surface area contributed by atoms with Crippen molar-refractivity contribution in [3.8, 4) is 0 Å². The number of hydrogen-bond acceptors (Lipinski definition) is 3. The summed E-state index contributed by atoms with van der Waals surface area (Å²) in [6, 6.07) is 14.4. The fourth-order valence-corrected chi connectivity index (χ4v) is 2.75. The molecule has 0 heterocycles. The van der Waals surface area contributed by atoms with Gasteiger partial charge in [0.1, 0.15) is 11.9 Å². The lowest BCUT2D eigenvalue weighted by atomic mass is 10.1. The largest absolute Gasteiger partial charge is 0.350 e. The van der Waals surface area contributed by atoms with Crippen LogP contribution in [0.15, 0.2) is 54.6 Å². The van der Waals surface area contributed by atoms with Gasteiger partial charge in [0.05, 0.1) is 0 Å². The van der Waals surface area contributed by atoms with E-state index in [2.05, 4.69) is 10.6 Å². The zero-order chi connectivity index (χ0) is 18.1. The Kier molecular flexibility index (Phi) is 7.47. The molecule has 4 nitrogen and oxygen atoms in total. The Balaban J connectivity index is 1.99. The Hall–Kier alpha value is -2.34. The number of carbonyl (C=O) groups is 2. The normalized spacial score (nSPS) is 11.6. The Bertz CT molecular complexity index is 710. The molecule has 2 aromatic carbocycles. The highest BCUT2D eigenvalue weighted by Crippen LogP contribution is 2.07. The highest BCUT2D eigenvalue weighted by molar-refractivity contribution is 7.98. The molecule has 2 rings (SSSR count). The third-order valence-electron chi connectivity index (χ3n) is 3.68. The van der Waals surface area contributed by atoms with E-state index in [9.17, 15) is 14.0 Å². The van der Waals surface area contributed by atoms with Crippen LogP contribution in [-0.4, -0.2) is 29.9 Å². The van der Waals surface area contributed by atoms with Crippen molar-refractivity contribution in [3.63, 3.8) is 0 Å². The molecule has 0 aromatic heterocycles. The minimum absolute atomic E-state index is 0.0858. The molecule has 0 saturated heterocycles. The van der Waals surface area contributed by atoms with E-state index in [0.717, 1.165) is 5.75 Å². The van der Waals surface area contributed by atoms with Crippen molar-refractivity contribution >= 4 is 23.6 Å². The van der Waals surface area contributed by atoms with Crippen LogP contribution in [0.3, 0.4) is 0 Å². The lowest BCUT2D eigenvalue weighted by Gasteiger charge is -2.18. The first-order chi connectivity index (χ1) is 12.1. The average molecular weight is 360 g/mol. The van der Waals surface area contributed by atoms with Crippen molar-refractivity contribution in [1.29, 1.82) is 0 Å². The molecule has 0 saturated carbocycles. The van der Waals surface area contributed by atoms with Gasteiger partial charge in [-0.25, -0.2) is 4.39 Å². The predicted octanol–water partition coefficient (Wildman–Crippen LogP) is 2.99. The van der Waals surface area contributed by atoms with Gasteiger partial charge in [-0.2, -0.15) is 11.8 Å². The molecule has 0 radical (unpaired) electrons. The van der Waals surface area contributed by atoms with Crippen LogP contribution in [0.5, 0.6) is 0 Å². The van der Waals surface area contributed by atoms with Crippen molar-refractivity contribution < 1.29 is 14.0 Å². The van der Waals surface area contributed by atoms with Crippen molar-refractivity contribution in [3.05, 3.63) is 71.5 Å². The SMILES string of the molecule is CSCCC(NC(=O)c1ccccc1)C(=O)NCc1ccccc1F. The molecular formula is C19H21FN2O2S. The molecule has 1 atom stereocenters. The molecule has 0 aliphatic heterocycles. The lowest BCUT2D eigenvalue weighted by molar-refractivity contribution is -0.123. The maximum Gasteiger partial charge on any atom is 0.251 e. The second-order valence-corrected chi connectivity index (χ2v) is 6.47. The molecule has 6 heteroatoms. The summed E-state index contributed by atoms with van der Waals surface area (Å²) in [5.74, 6) is -0.251. The molecule has 0 aliphatic carbocycles. The summed E-state index contributed by atoms with van der Waals surface area (Å²) in [4.78, 5) is 24.7. The van der Waals surface area contributed by atoms with Gasteiger partial charge in [-0.15, -0.1) is 0 Å². The average Bonchev–Trinajstić information content (AvgIpc) is 2.64. The van der Waals surface area contributed by atoms with Gasteiger partial charge in [0, 0.05) is 17.7 Å². The third kappa shape index (κ3) is 5.90. The molecule has 25 heavy (non-hydrogen) atoms. The molecule has 0 bridgehead atoms. The minimum Gasteiger partial charge on any atom is -0.350 e. The van der Waals surface area contributed by atoms with E-state index >= 15 is 0 Å². The number of nitrogens with one attached hydrogen (secondary N) is 2. The fourth-order valence-electron chi connectivity index (χ4n) is 2.28. The second kappa shape index (κ2) is 9.84. The van der Waals surface area contributed by atoms with Gasteiger partial charge in [-0.1, -0.05) is 36.4 Å². The Morgan fingerprint density at radius 2 is 1.76 bits per heavy atom. The number of amides is 2. The van der Waals surface area contributed by atoms with Crippen molar-refractivity contribution in [2.24, 2.45) is 0 Å². The standard InChI is InChI=1S/C19H21FN2O2S/c1-25-12-11-17(22-18(23)14-7-3-2-4-8-14)19(24)21-13-15-9-5-6-10-16(15)20/h2-10,17H,11-13H2,1H3,(H,21,24)(H,22,23). The summed E-state index contributed by atoms with van der Waals surface area (Å²) in [7, 11) is 0. The van der Waals surface area contributed by atoms with Crippen LogP contribution in [0.25, 0.3) is 0 Å². The summed E-state index contributed by atoms with van der Waals surface area (Å²) >= 11 is 1.60. The number of hydrogen-bond donors (Lipinski definition) is 2. The maximum absolute atomic E-state index is 13.7. The Labute approximate surface area is 151 Å². The van der Waals surface area contributed by atoms with Gasteiger partial charge < -0.3 is 10.6 Å². The first-order valence-corrected chi connectivity index (χ1v) is 9.37. The van der Waals surface area contributed by atoms with Crippen LogP contribution in [0.1, 0.15) is 22.3 Å². The van der Waals surface area contributed by atoms with Crippen LogP contribution < -0.4 is 10.6 Å². The summed E-state index contributed by atoms with van der Waals surface area (Å²) in [6.45, 7) is 0.0858. The van der Waals surface area contributed by atoms with E-state index in [1.54, 1.807) is 54.2 Å². The highest BCUT2D eigenvalue weighted by atomic mass is 32.2. The van der Waals surface area contributed by atoms with Gasteiger partial charge in [0.25, 0.3) is 5.91 Å². The minimum atomic E-state index is -0.660. The number of benzene rings is 2. The first-order valence-electron chi connectivity index (χ1n) is 7.97. The van der Waals surface area contributed by atoms with Crippen molar-refractivity contribution in [1.82, 2.24) is 10.6 Å². The third-order valence-corrected chi connectivity index (χ3v) is 4.32. The number of rotatable bonds is 8. The second-order valence-electron chi connectivity index (χ2n) is 5.48. The van der Waals surface area contributed by atoms with Gasteiger partial charge in [-0.3, -0.25) is 9.59 Å². The van der Waals surface area contributed by atoms with Gasteiger partial charge >= 0.3 is 0 Å². The number of halogens is 1.